The second kappa shape index (κ2) is 8.13. The Labute approximate surface area is 155 Å². The normalized spacial score (nSPS) is 10.3. The van der Waals surface area contributed by atoms with Crippen LogP contribution in [0.3, 0.4) is 0 Å². The number of carbonyl (C=O) groups is 2. The lowest BCUT2D eigenvalue weighted by Gasteiger charge is -2.10. The lowest BCUT2D eigenvalue weighted by atomic mass is 10.1. The fraction of sp³-hybridized carbons (Fsp3) is 0.158. The molecule has 0 saturated heterocycles. The molecule has 0 bridgehead atoms. The summed E-state index contributed by atoms with van der Waals surface area (Å²) in [6.45, 7) is 3.75. The number of aromatic nitrogens is 2. The van der Waals surface area contributed by atoms with E-state index in [0.29, 0.717) is 23.0 Å². The molecule has 2 heterocycles. The Balaban J connectivity index is 1.77. The second-order valence-electron chi connectivity index (χ2n) is 5.60. The molecule has 0 aliphatic rings. The van der Waals surface area contributed by atoms with E-state index in [9.17, 15) is 9.59 Å². The summed E-state index contributed by atoms with van der Waals surface area (Å²) >= 11 is 0. The number of rotatable bonds is 6. The van der Waals surface area contributed by atoms with Crippen LogP contribution in [0.2, 0.25) is 0 Å². The third-order valence-electron chi connectivity index (χ3n) is 3.56. The van der Waals surface area contributed by atoms with Crippen molar-refractivity contribution in [3.05, 3.63) is 65.7 Å². The highest BCUT2D eigenvalue weighted by Crippen LogP contribution is 2.19. The van der Waals surface area contributed by atoms with Gasteiger partial charge in [-0.05, 0) is 38.1 Å². The number of para-hydroxylation sites is 1. The fourth-order valence-electron chi connectivity index (χ4n) is 2.37. The summed E-state index contributed by atoms with van der Waals surface area (Å²) in [4.78, 5) is 28.7. The Morgan fingerprint density at radius 2 is 2.00 bits per heavy atom. The van der Waals surface area contributed by atoms with Crippen molar-refractivity contribution in [2.24, 2.45) is 0 Å². The zero-order valence-electron chi connectivity index (χ0n) is 14.9. The standard InChI is InChI=1S/C19H18N4O4/c1-3-26-19(25)14-6-4-5-7-15(14)22-18(24)16-11-13(8-9-20-16)21-17-10-12(2)27-23-17/h4-11H,3H2,1-2H3,(H,22,24)(H,20,21,23). The topological polar surface area (TPSA) is 106 Å². The van der Waals surface area contributed by atoms with E-state index in [-0.39, 0.29) is 17.9 Å². The molecule has 0 aliphatic carbocycles. The van der Waals surface area contributed by atoms with Crippen LogP contribution in [-0.4, -0.2) is 28.6 Å². The lowest BCUT2D eigenvalue weighted by molar-refractivity contribution is 0.0527. The number of nitrogens with zero attached hydrogens (tertiary/aromatic N) is 2. The summed E-state index contributed by atoms with van der Waals surface area (Å²) in [7, 11) is 0. The maximum absolute atomic E-state index is 12.6. The van der Waals surface area contributed by atoms with Gasteiger partial charge >= 0.3 is 5.97 Å². The Kier molecular flexibility index (Phi) is 5.46. The monoisotopic (exact) mass is 366 g/mol. The van der Waals surface area contributed by atoms with Gasteiger partial charge in [0, 0.05) is 18.0 Å². The van der Waals surface area contributed by atoms with Crippen LogP contribution < -0.4 is 10.6 Å². The van der Waals surface area contributed by atoms with Gasteiger partial charge in [-0.25, -0.2) is 4.79 Å². The smallest absolute Gasteiger partial charge is 0.340 e. The minimum absolute atomic E-state index is 0.180. The Bertz CT molecular complexity index is 968. The average molecular weight is 366 g/mol. The van der Waals surface area contributed by atoms with Crippen molar-refractivity contribution in [3.8, 4) is 0 Å². The number of hydrogen-bond acceptors (Lipinski definition) is 7. The van der Waals surface area contributed by atoms with E-state index in [1.54, 1.807) is 56.3 Å². The molecule has 0 fully saturated rings. The van der Waals surface area contributed by atoms with Crippen LogP contribution in [0, 0.1) is 6.92 Å². The van der Waals surface area contributed by atoms with Crippen molar-refractivity contribution in [2.45, 2.75) is 13.8 Å². The number of pyridine rings is 1. The number of ether oxygens (including phenoxy) is 1. The maximum atomic E-state index is 12.6. The average Bonchev–Trinajstić information content (AvgIpc) is 3.07. The van der Waals surface area contributed by atoms with Crippen LogP contribution >= 0.6 is 0 Å². The molecular weight excluding hydrogens is 348 g/mol. The molecule has 2 aromatic heterocycles. The molecule has 1 aromatic carbocycles. The van der Waals surface area contributed by atoms with E-state index < -0.39 is 11.9 Å². The van der Waals surface area contributed by atoms with Gasteiger partial charge in [0.2, 0.25) is 0 Å². The molecule has 0 spiro atoms. The first-order valence-electron chi connectivity index (χ1n) is 8.30. The van der Waals surface area contributed by atoms with Gasteiger partial charge in [-0.15, -0.1) is 0 Å². The maximum Gasteiger partial charge on any atom is 0.340 e. The summed E-state index contributed by atoms with van der Waals surface area (Å²) in [5, 5.41) is 9.57. The molecule has 0 radical (unpaired) electrons. The summed E-state index contributed by atoms with van der Waals surface area (Å²) in [6, 6.07) is 11.6. The Morgan fingerprint density at radius 3 is 2.74 bits per heavy atom. The summed E-state index contributed by atoms with van der Waals surface area (Å²) in [5.74, 6) is 0.239. The van der Waals surface area contributed by atoms with Crippen LogP contribution in [0.15, 0.2) is 53.2 Å². The number of nitrogens with one attached hydrogen (secondary N) is 2. The van der Waals surface area contributed by atoms with Gasteiger partial charge in [0.15, 0.2) is 5.82 Å². The number of anilines is 3. The van der Waals surface area contributed by atoms with Crippen LogP contribution in [0.25, 0.3) is 0 Å². The molecule has 8 nitrogen and oxygen atoms in total. The van der Waals surface area contributed by atoms with Crippen LogP contribution in [0.4, 0.5) is 17.2 Å². The van der Waals surface area contributed by atoms with Crippen LogP contribution in [-0.2, 0) is 4.74 Å². The van der Waals surface area contributed by atoms with E-state index in [1.165, 1.54) is 6.20 Å². The number of benzene rings is 1. The summed E-state index contributed by atoms with van der Waals surface area (Å²) < 4.78 is 10.0. The largest absolute Gasteiger partial charge is 0.462 e. The third-order valence-corrected chi connectivity index (χ3v) is 3.56. The predicted octanol–water partition coefficient (Wildman–Crippen LogP) is 3.55. The third kappa shape index (κ3) is 4.49. The van der Waals surface area contributed by atoms with Crippen LogP contribution in [0.1, 0.15) is 33.5 Å². The molecule has 27 heavy (non-hydrogen) atoms. The molecule has 0 aliphatic heterocycles. The zero-order chi connectivity index (χ0) is 19.2. The molecule has 138 valence electrons. The summed E-state index contributed by atoms with van der Waals surface area (Å²) in [5.41, 5.74) is 1.44. The lowest BCUT2D eigenvalue weighted by Crippen LogP contribution is -2.17. The molecular formula is C19H18N4O4. The molecule has 3 rings (SSSR count). The fourth-order valence-corrected chi connectivity index (χ4v) is 2.37. The van der Waals surface area contributed by atoms with Crippen LogP contribution in [0.5, 0.6) is 0 Å². The van der Waals surface area contributed by atoms with Crippen molar-refractivity contribution in [2.75, 3.05) is 17.2 Å². The minimum atomic E-state index is -0.502. The number of amides is 1. The molecule has 0 saturated carbocycles. The van der Waals surface area contributed by atoms with E-state index in [4.69, 9.17) is 9.26 Å². The van der Waals surface area contributed by atoms with Gasteiger partial charge in [-0.3, -0.25) is 9.78 Å². The molecule has 3 aromatic rings. The quantitative estimate of drug-likeness (QED) is 0.643. The predicted molar refractivity (Wildman–Crippen MR) is 99.1 cm³/mol. The van der Waals surface area contributed by atoms with E-state index in [0.717, 1.165) is 0 Å². The number of esters is 1. The van der Waals surface area contributed by atoms with Gasteiger partial charge in [0.1, 0.15) is 11.5 Å². The van der Waals surface area contributed by atoms with Crippen molar-refractivity contribution < 1.29 is 18.8 Å². The highest BCUT2D eigenvalue weighted by atomic mass is 16.5. The zero-order valence-corrected chi connectivity index (χ0v) is 14.9. The van der Waals surface area contributed by atoms with Crippen molar-refractivity contribution in [3.63, 3.8) is 0 Å². The van der Waals surface area contributed by atoms with E-state index in [2.05, 4.69) is 20.8 Å². The van der Waals surface area contributed by atoms with Gasteiger partial charge in [0.05, 0.1) is 17.9 Å². The van der Waals surface area contributed by atoms with Crippen molar-refractivity contribution in [1.82, 2.24) is 10.1 Å². The first-order valence-corrected chi connectivity index (χ1v) is 8.30. The van der Waals surface area contributed by atoms with E-state index >= 15 is 0 Å². The van der Waals surface area contributed by atoms with Crippen molar-refractivity contribution in [1.29, 1.82) is 0 Å². The number of aryl methyl sites for hydroxylation is 1. The van der Waals surface area contributed by atoms with Gasteiger partial charge in [-0.2, -0.15) is 0 Å². The van der Waals surface area contributed by atoms with Crippen molar-refractivity contribution >= 4 is 29.1 Å². The number of hydrogen-bond donors (Lipinski definition) is 2. The number of carbonyl (C=O) groups excluding carboxylic acids is 2. The highest BCUT2D eigenvalue weighted by Gasteiger charge is 2.16. The van der Waals surface area contributed by atoms with E-state index in [1.807, 2.05) is 0 Å². The SMILES string of the molecule is CCOC(=O)c1ccccc1NC(=O)c1cc(Nc2cc(C)on2)ccn1. The first-order chi connectivity index (χ1) is 13.1. The van der Waals surface area contributed by atoms with Gasteiger partial charge in [0.25, 0.3) is 5.91 Å². The Morgan fingerprint density at radius 1 is 1.19 bits per heavy atom. The second-order valence-corrected chi connectivity index (χ2v) is 5.60. The molecule has 1 amide bonds. The molecule has 2 N–H and O–H groups in total. The molecule has 0 unspecified atom stereocenters. The van der Waals surface area contributed by atoms with Gasteiger partial charge < -0.3 is 19.9 Å². The molecule has 8 heteroatoms. The minimum Gasteiger partial charge on any atom is -0.462 e. The Hall–Kier alpha value is -3.68. The molecule has 0 atom stereocenters. The van der Waals surface area contributed by atoms with Gasteiger partial charge in [-0.1, -0.05) is 17.3 Å². The first kappa shape index (κ1) is 18.1. The summed E-state index contributed by atoms with van der Waals surface area (Å²) in [6.07, 6.45) is 1.50. The highest BCUT2D eigenvalue weighted by molar-refractivity contribution is 6.07.